The molecule has 7 heteroatoms. The van der Waals surface area contributed by atoms with Crippen LogP contribution in [0.1, 0.15) is 55.1 Å². The minimum absolute atomic E-state index is 0.231. The molecule has 2 aromatic heterocycles. The van der Waals surface area contributed by atoms with Crippen molar-refractivity contribution in [1.82, 2.24) is 25.2 Å². The molecule has 0 aromatic carbocycles. The van der Waals surface area contributed by atoms with Gasteiger partial charge in [0.15, 0.2) is 5.65 Å². The second-order valence-electron chi connectivity index (χ2n) is 7.17. The Labute approximate surface area is 141 Å². The van der Waals surface area contributed by atoms with Crippen LogP contribution in [0.2, 0.25) is 0 Å². The second-order valence-corrected chi connectivity index (χ2v) is 7.17. The molecular weight excluding hydrogens is 306 g/mol. The average Bonchev–Trinajstić information content (AvgIpc) is 2.73. The first-order valence-electron chi connectivity index (χ1n) is 7.96. The summed E-state index contributed by atoms with van der Waals surface area (Å²) in [5.74, 6) is -0.582. The van der Waals surface area contributed by atoms with Crippen LogP contribution in [0.3, 0.4) is 0 Å². The van der Waals surface area contributed by atoms with Crippen molar-refractivity contribution < 1.29 is 9.59 Å². The zero-order valence-corrected chi connectivity index (χ0v) is 15.3. The second kappa shape index (κ2) is 6.22. The molecule has 0 fully saturated rings. The Hall–Kier alpha value is -2.44. The van der Waals surface area contributed by atoms with Crippen LogP contribution in [-0.4, -0.2) is 38.0 Å². The minimum atomic E-state index is -0.656. The highest BCUT2D eigenvalue weighted by Crippen LogP contribution is 2.16. The van der Waals surface area contributed by atoms with Crippen molar-refractivity contribution in [2.24, 2.45) is 0 Å². The molecule has 24 heavy (non-hydrogen) atoms. The Bertz CT molecular complexity index is 801. The maximum atomic E-state index is 12.7. The van der Waals surface area contributed by atoms with E-state index in [1.165, 1.54) is 0 Å². The van der Waals surface area contributed by atoms with E-state index >= 15 is 0 Å². The third-order valence-electron chi connectivity index (χ3n) is 3.54. The highest BCUT2D eigenvalue weighted by Gasteiger charge is 2.25. The van der Waals surface area contributed by atoms with E-state index in [1.54, 1.807) is 18.4 Å². The van der Waals surface area contributed by atoms with Crippen molar-refractivity contribution in [3.05, 3.63) is 28.7 Å². The van der Waals surface area contributed by atoms with Crippen molar-refractivity contribution in [2.45, 2.75) is 60.0 Å². The summed E-state index contributed by atoms with van der Waals surface area (Å²) in [7, 11) is 0. The predicted octanol–water partition coefficient (Wildman–Crippen LogP) is 1.69. The monoisotopic (exact) mass is 331 g/mol. The van der Waals surface area contributed by atoms with Gasteiger partial charge in [-0.15, -0.1) is 0 Å². The van der Waals surface area contributed by atoms with Crippen molar-refractivity contribution in [1.29, 1.82) is 0 Å². The van der Waals surface area contributed by atoms with E-state index in [9.17, 15) is 9.59 Å². The number of nitrogens with one attached hydrogen (secondary N) is 2. The molecule has 0 aliphatic carbocycles. The number of rotatable bonds is 3. The lowest BCUT2D eigenvalue weighted by molar-refractivity contribution is -0.124. The highest BCUT2D eigenvalue weighted by atomic mass is 16.2. The van der Waals surface area contributed by atoms with Gasteiger partial charge >= 0.3 is 0 Å². The molecule has 0 radical (unpaired) electrons. The lowest BCUT2D eigenvalue weighted by Crippen LogP contribution is -2.50. The Morgan fingerprint density at radius 2 is 1.83 bits per heavy atom. The van der Waals surface area contributed by atoms with Crippen LogP contribution in [0.15, 0.2) is 6.07 Å². The third kappa shape index (κ3) is 3.72. The number of hydrogen-bond donors (Lipinski definition) is 2. The molecule has 0 bridgehead atoms. The van der Waals surface area contributed by atoms with E-state index in [0.717, 1.165) is 11.4 Å². The van der Waals surface area contributed by atoms with Crippen LogP contribution in [-0.2, 0) is 4.79 Å². The Morgan fingerprint density at radius 1 is 1.21 bits per heavy atom. The number of carbonyl (C=O) groups is 2. The van der Waals surface area contributed by atoms with Gasteiger partial charge in [0.2, 0.25) is 5.91 Å². The molecule has 0 saturated heterocycles. The predicted molar refractivity (Wildman–Crippen MR) is 92.0 cm³/mol. The number of amides is 2. The average molecular weight is 331 g/mol. The number of carbonyl (C=O) groups excluding carboxylic acids is 2. The number of fused-ring (bicyclic) bond motifs is 1. The molecule has 130 valence electrons. The van der Waals surface area contributed by atoms with Gasteiger partial charge in [-0.1, -0.05) is 0 Å². The summed E-state index contributed by atoms with van der Waals surface area (Å²) in [6.07, 6.45) is 0. The molecule has 7 nitrogen and oxygen atoms in total. The molecule has 2 amide bonds. The summed E-state index contributed by atoms with van der Waals surface area (Å²) >= 11 is 0. The van der Waals surface area contributed by atoms with Crippen LogP contribution >= 0.6 is 0 Å². The zero-order chi connectivity index (χ0) is 18.2. The first kappa shape index (κ1) is 17.9. The van der Waals surface area contributed by atoms with Gasteiger partial charge < -0.3 is 10.6 Å². The Kier molecular flexibility index (Phi) is 4.64. The van der Waals surface area contributed by atoms with E-state index in [1.807, 2.05) is 40.7 Å². The quantitative estimate of drug-likeness (QED) is 0.896. The van der Waals surface area contributed by atoms with Crippen molar-refractivity contribution in [3.63, 3.8) is 0 Å². The number of aromatic nitrogens is 3. The Morgan fingerprint density at radius 3 is 2.42 bits per heavy atom. The summed E-state index contributed by atoms with van der Waals surface area (Å²) in [5.41, 5.74) is 2.84. The summed E-state index contributed by atoms with van der Waals surface area (Å²) in [4.78, 5) is 29.2. The SMILES string of the molecule is Cc1cc(C)n2nc(C)c(C(=O)NC(C)C(=O)NC(C)(C)C)c2n1. The van der Waals surface area contributed by atoms with E-state index in [-0.39, 0.29) is 17.4 Å². The number of aryl methyl sites for hydroxylation is 3. The van der Waals surface area contributed by atoms with E-state index in [0.29, 0.717) is 16.9 Å². The fourth-order valence-electron chi connectivity index (χ4n) is 2.51. The lowest BCUT2D eigenvalue weighted by Gasteiger charge is -2.23. The maximum absolute atomic E-state index is 12.7. The van der Waals surface area contributed by atoms with Crippen LogP contribution in [0.25, 0.3) is 5.65 Å². The third-order valence-corrected chi connectivity index (χ3v) is 3.54. The molecule has 2 rings (SSSR count). The summed E-state index contributed by atoms with van der Waals surface area (Å²) in [6.45, 7) is 12.9. The molecule has 0 aliphatic heterocycles. The topological polar surface area (TPSA) is 88.4 Å². The normalized spacial score (nSPS) is 13.0. The largest absolute Gasteiger partial charge is 0.350 e. The van der Waals surface area contributed by atoms with Gasteiger partial charge in [0.05, 0.1) is 5.69 Å². The fraction of sp³-hybridized carbons (Fsp3) is 0.529. The first-order chi connectivity index (χ1) is 11.0. The zero-order valence-electron chi connectivity index (χ0n) is 15.3. The van der Waals surface area contributed by atoms with Gasteiger partial charge in [-0.05, 0) is 54.5 Å². The number of hydrogen-bond acceptors (Lipinski definition) is 4. The van der Waals surface area contributed by atoms with E-state index in [4.69, 9.17) is 0 Å². The lowest BCUT2D eigenvalue weighted by atomic mass is 10.1. The molecule has 2 N–H and O–H groups in total. The smallest absolute Gasteiger partial charge is 0.257 e. The number of nitrogens with zero attached hydrogens (tertiary/aromatic N) is 3. The van der Waals surface area contributed by atoms with Crippen LogP contribution in [0.5, 0.6) is 0 Å². The van der Waals surface area contributed by atoms with E-state index < -0.39 is 6.04 Å². The molecule has 1 unspecified atom stereocenters. The van der Waals surface area contributed by atoms with Gasteiger partial charge in [-0.25, -0.2) is 9.50 Å². The fourth-order valence-corrected chi connectivity index (χ4v) is 2.51. The van der Waals surface area contributed by atoms with Crippen molar-refractivity contribution in [2.75, 3.05) is 0 Å². The summed E-state index contributed by atoms with van der Waals surface area (Å²) in [6, 6.07) is 1.25. The Balaban J connectivity index is 2.29. The summed E-state index contributed by atoms with van der Waals surface area (Å²) in [5, 5.41) is 9.96. The standard InChI is InChI=1S/C17H25N5O2/c1-9-8-10(2)22-14(18-9)13(11(3)21-22)16(24)19-12(4)15(23)20-17(5,6)7/h8,12H,1-7H3,(H,19,24)(H,20,23). The molecular formula is C17H25N5O2. The minimum Gasteiger partial charge on any atom is -0.350 e. The van der Waals surface area contributed by atoms with Gasteiger partial charge in [0, 0.05) is 16.9 Å². The van der Waals surface area contributed by atoms with Gasteiger partial charge in [-0.3, -0.25) is 9.59 Å². The van der Waals surface area contributed by atoms with Crippen LogP contribution in [0.4, 0.5) is 0 Å². The van der Waals surface area contributed by atoms with Crippen LogP contribution < -0.4 is 10.6 Å². The highest BCUT2D eigenvalue weighted by molar-refractivity contribution is 6.03. The van der Waals surface area contributed by atoms with Crippen molar-refractivity contribution in [3.8, 4) is 0 Å². The van der Waals surface area contributed by atoms with Crippen molar-refractivity contribution >= 4 is 17.5 Å². The van der Waals surface area contributed by atoms with Crippen LogP contribution in [0, 0.1) is 20.8 Å². The molecule has 2 aromatic rings. The molecule has 0 spiro atoms. The van der Waals surface area contributed by atoms with E-state index in [2.05, 4.69) is 20.7 Å². The molecule has 0 saturated carbocycles. The first-order valence-corrected chi connectivity index (χ1v) is 7.96. The molecule has 2 heterocycles. The summed E-state index contributed by atoms with van der Waals surface area (Å²) < 4.78 is 1.65. The van der Waals surface area contributed by atoms with Gasteiger partial charge in [-0.2, -0.15) is 5.10 Å². The van der Waals surface area contributed by atoms with Gasteiger partial charge in [0.25, 0.3) is 5.91 Å². The van der Waals surface area contributed by atoms with Gasteiger partial charge in [0.1, 0.15) is 11.6 Å². The molecule has 0 aliphatic rings. The maximum Gasteiger partial charge on any atom is 0.257 e. The molecule has 1 atom stereocenters.